The van der Waals surface area contributed by atoms with Crippen molar-refractivity contribution in [2.24, 2.45) is 0 Å². The fourth-order valence-corrected chi connectivity index (χ4v) is 2.56. The zero-order valence-electron chi connectivity index (χ0n) is 13.1. The summed E-state index contributed by atoms with van der Waals surface area (Å²) in [5.74, 6) is -0.0918. The number of hydrogen-bond donors (Lipinski definition) is 1. The molecule has 1 rings (SSSR count). The lowest BCUT2D eigenvalue weighted by Crippen LogP contribution is -2.27. The molecule has 1 N–H and O–H groups in total. The molecule has 0 fully saturated rings. The highest BCUT2D eigenvalue weighted by Crippen LogP contribution is 2.19. The Hall–Kier alpha value is -1.02. The van der Waals surface area contributed by atoms with E-state index >= 15 is 0 Å². The fraction of sp³-hybridized carbons (Fsp3) is 0.611. The van der Waals surface area contributed by atoms with Crippen LogP contribution in [0.3, 0.4) is 0 Å². The molecule has 0 radical (unpaired) electrons. The lowest BCUT2D eigenvalue weighted by molar-refractivity contribution is -0.120. The number of carbonyl (C=O) groups is 1. The van der Waals surface area contributed by atoms with Crippen LogP contribution >= 0.6 is 11.6 Å². The first kappa shape index (κ1) is 18.0. The summed E-state index contributed by atoms with van der Waals surface area (Å²) in [5, 5.41) is 2.34. The van der Waals surface area contributed by atoms with E-state index in [-0.39, 0.29) is 5.91 Å². The number of alkyl halides is 1. The number of unbranched alkanes of at least 4 members (excludes halogenated alkanes) is 7. The first-order valence-corrected chi connectivity index (χ1v) is 8.66. The van der Waals surface area contributed by atoms with Gasteiger partial charge in [-0.3, -0.25) is 4.79 Å². The number of halogens is 1. The van der Waals surface area contributed by atoms with E-state index in [0.717, 1.165) is 18.5 Å². The molecule has 1 atom stereocenters. The molecule has 0 heterocycles. The highest BCUT2D eigenvalue weighted by molar-refractivity contribution is 6.30. The zero-order chi connectivity index (χ0) is 15.3. The van der Waals surface area contributed by atoms with E-state index in [1.165, 1.54) is 44.9 Å². The van der Waals surface area contributed by atoms with Crippen molar-refractivity contribution in [1.82, 2.24) is 5.32 Å². The summed E-state index contributed by atoms with van der Waals surface area (Å²) in [4.78, 5) is 11.9. The number of carbonyl (C=O) groups excluding carboxylic acids is 1. The van der Waals surface area contributed by atoms with Crippen LogP contribution in [0.4, 0.5) is 0 Å². The lowest BCUT2D eigenvalue weighted by Gasteiger charge is -2.10. The summed E-state index contributed by atoms with van der Waals surface area (Å²) in [6.45, 7) is 2.96. The quantitative estimate of drug-likeness (QED) is 0.440. The SMILES string of the molecule is CCCCCCCCCCNC(=O)C(Cl)c1ccccc1. The molecule has 0 aliphatic heterocycles. The van der Waals surface area contributed by atoms with Gasteiger partial charge in [0.1, 0.15) is 5.38 Å². The number of nitrogens with one attached hydrogen (secondary N) is 1. The summed E-state index contributed by atoms with van der Waals surface area (Å²) in [5.41, 5.74) is 0.854. The van der Waals surface area contributed by atoms with Gasteiger partial charge in [0.2, 0.25) is 5.91 Å². The van der Waals surface area contributed by atoms with E-state index in [2.05, 4.69) is 12.2 Å². The van der Waals surface area contributed by atoms with Gasteiger partial charge < -0.3 is 5.32 Å². The maximum Gasteiger partial charge on any atom is 0.242 e. The predicted octanol–water partition coefficient (Wildman–Crippen LogP) is 5.22. The van der Waals surface area contributed by atoms with Crippen LogP contribution in [-0.4, -0.2) is 12.5 Å². The number of hydrogen-bond acceptors (Lipinski definition) is 1. The van der Waals surface area contributed by atoms with Crippen molar-refractivity contribution in [2.75, 3.05) is 6.54 Å². The topological polar surface area (TPSA) is 29.1 Å². The van der Waals surface area contributed by atoms with Gasteiger partial charge in [-0.05, 0) is 12.0 Å². The second-order valence-corrected chi connectivity index (χ2v) is 5.98. The Labute approximate surface area is 134 Å². The van der Waals surface area contributed by atoms with E-state index in [1.54, 1.807) is 0 Å². The molecule has 2 nitrogen and oxygen atoms in total. The van der Waals surface area contributed by atoms with Crippen molar-refractivity contribution in [3.63, 3.8) is 0 Å². The largest absolute Gasteiger partial charge is 0.355 e. The van der Waals surface area contributed by atoms with Crippen molar-refractivity contribution < 1.29 is 4.79 Å². The van der Waals surface area contributed by atoms with Gasteiger partial charge in [0.05, 0.1) is 0 Å². The minimum absolute atomic E-state index is 0.0918. The van der Waals surface area contributed by atoms with Crippen molar-refractivity contribution in [1.29, 1.82) is 0 Å². The minimum Gasteiger partial charge on any atom is -0.355 e. The van der Waals surface area contributed by atoms with Gasteiger partial charge in [-0.25, -0.2) is 0 Å². The molecule has 0 bridgehead atoms. The molecular formula is C18H28ClNO. The van der Waals surface area contributed by atoms with E-state index in [1.807, 2.05) is 30.3 Å². The first-order valence-electron chi connectivity index (χ1n) is 8.22. The summed E-state index contributed by atoms with van der Waals surface area (Å²) in [6, 6.07) is 9.49. The molecule has 0 saturated heterocycles. The third-order valence-electron chi connectivity index (χ3n) is 3.65. The smallest absolute Gasteiger partial charge is 0.242 e. The van der Waals surface area contributed by atoms with Crippen LogP contribution in [0.15, 0.2) is 30.3 Å². The Morgan fingerprint density at radius 1 is 1.00 bits per heavy atom. The normalized spacial score (nSPS) is 12.1. The average Bonchev–Trinajstić information content (AvgIpc) is 2.53. The lowest BCUT2D eigenvalue weighted by atomic mass is 10.1. The maximum absolute atomic E-state index is 11.9. The predicted molar refractivity (Wildman–Crippen MR) is 90.7 cm³/mol. The molecule has 0 aromatic heterocycles. The van der Waals surface area contributed by atoms with Gasteiger partial charge in [0, 0.05) is 6.54 Å². The van der Waals surface area contributed by atoms with E-state index in [4.69, 9.17) is 11.6 Å². The average molecular weight is 310 g/mol. The first-order chi connectivity index (χ1) is 10.3. The second kappa shape index (κ2) is 11.6. The fourth-order valence-electron chi connectivity index (χ4n) is 2.33. The highest BCUT2D eigenvalue weighted by Gasteiger charge is 2.16. The Balaban J connectivity index is 2.03. The molecule has 1 unspecified atom stereocenters. The highest BCUT2D eigenvalue weighted by atomic mass is 35.5. The summed E-state index contributed by atoms with van der Waals surface area (Å²) >= 11 is 6.16. The van der Waals surface area contributed by atoms with Gasteiger partial charge in [-0.15, -0.1) is 11.6 Å². The van der Waals surface area contributed by atoms with Gasteiger partial charge in [-0.2, -0.15) is 0 Å². The third-order valence-corrected chi connectivity index (χ3v) is 4.10. The van der Waals surface area contributed by atoms with E-state index < -0.39 is 5.38 Å². The van der Waals surface area contributed by atoms with E-state index in [0.29, 0.717) is 0 Å². The molecule has 0 aliphatic carbocycles. The van der Waals surface area contributed by atoms with Gasteiger partial charge >= 0.3 is 0 Å². The van der Waals surface area contributed by atoms with Crippen LogP contribution in [-0.2, 0) is 4.79 Å². The Morgan fingerprint density at radius 2 is 1.57 bits per heavy atom. The molecule has 1 aromatic rings. The number of amides is 1. The van der Waals surface area contributed by atoms with E-state index in [9.17, 15) is 4.79 Å². The molecule has 1 amide bonds. The van der Waals surface area contributed by atoms with Crippen LogP contribution in [0.25, 0.3) is 0 Å². The molecule has 118 valence electrons. The molecule has 1 aromatic carbocycles. The summed E-state index contributed by atoms with van der Waals surface area (Å²) in [7, 11) is 0. The van der Waals surface area contributed by atoms with Crippen LogP contribution in [0.2, 0.25) is 0 Å². The van der Waals surface area contributed by atoms with Crippen LogP contribution in [0.5, 0.6) is 0 Å². The minimum atomic E-state index is -0.583. The summed E-state index contributed by atoms with van der Waals surface area (Å²) < 4.78 is 0. The molecule has 0 spiro atoms. The Bertz CT molecular complexity index is 380. The number of rotatable bonds is 11. The molecule has 21 heavy (non-hydrogen) atoms. The Morgan fingerprint density at radius 3 is 2.19 bits per heavy atom. The van der Waals surface area contributed by atoms with Crippen molar-refractivity contribution in [3.8, 4) is 0 Å². The molecular weight excluding hydrogens is 282 g/mol. The monoisotopic (exact) mass is 309 g/mol. The number of benzene rings is 1. The van der Waals surface area contributed by atoms with Gasteiger partial charge in [0.25, 0.3) is 0 Å². The van der Waals surface area contributed by atoms with Crippen LogP contribution in [0, 0.1) is 0 Å². The second-order valence-electron chi connectivity index (χ2n) is 5.54. The molecule has 0 saturated carbocycles. The molecule has 0 aliphatic rings. The summed E-state index contributed by atoms with van der Waals surface area (Å²) in [6.07, 6.45) is 10.2. The molecule has 3 heteroatoms. The van der Waals surface area contributed by atoms with Crippen molar-refractivity contribution in [3.05, 3.63) is 35.9 Å². The van der Waals surface area contributed by atoms with Crippen LogP contribution in [0.1, 0.15) is 69.2 Å². The Kier molecular flexibility index (Phi) is 9.98. The van der Waals surface area contributed by atoms with Crippen molar-refractivity contribution >= 4 is 17.5 Å². The zero-order valence-corrected chi connectivity index (χ0v) is 13.9. The van der Waals surface area contributed by atoms with Crippen LogP contribution < -0.4 is 5.32 Å². The third kappa shape index (κ3) is 8.11. The standard InChI is InChI=1S/C18H28ClNO/c1-2-3-4-5-6-7-8-12-15-20-18(21)17(19)16-13-10-9-11-14-16/h9-11,13-14,17H,2-8,12,15H2,1H3,(H,20,21). The maximum atomic E-state index is 11.9. The van der Waals surface area contributed by atoms with Gasteiger partial charge in [0.15, 0.2) is 0 Å². The van der Waals surface area contributed by atoms with Gasteiger partial charge in [-0.1, -0.05) is 82.2 Å². The van der Waals surface area contributed by atoms with Crippen molar-refractivity contribution in [2.45, 2.75) is 63.7 Å².